The van der Waals surface area contributed by atoms with Gasteiger partial charge in [0.2, 0.25) is 5.91 Å². The van der Waals surface area contributed by atoms with E-state index in [9.17, 15) is 9.59 Å². The molecule has 1 aliphatic heterocycles. The third-order valence-corrected chi connectivity index (χ3v) is 4.40. The number of amides is 2. The smallest absolute Gasteiger partial charge is 0.270 e. The van der Waals surface area contributed by atoms with Gasteiger partial charge in [0.15, 0.2) is 0 Å². The Morgan fingerprint density at radius 3 is 2.73 bits per heavy atom. The number of nitrogens with zero attached hydrogens (tertiary/aromatic N) is 5. The highest BCUT2D eigenvalue weighted by Crippen LogP contribution is 2.25. The molecule has 1 aliphatic rings. The molecule has 0 saturated heterocycles. The number of carbonyl (C=O) groups excluding carboxylic acids is 2. The second-order valence-electron chi connectivity index (χ2n) is 6.73. The van der Waals surface area contributed by atoms with Crippen LogP contribution in [-0.4, -0.2) is 39.3 Å². The van der Waals surface area contributed by atoms with Gasteiger partial charge >= 0.3 is 0 Å². The van der Waals surface area contributed by atoms with E-state index in [1.54, 1.807) is 22.8 Å². The monoisotopic (exact) mass is 353 g/mol. The summed E-state index contributed by atoms with van der Waals surface area (Å²) in [7, 11) is 3.57. The Bertz CT molecular complexity index is 884. The molecule has 7 nitrogen and oxygen atoms in total. The highest BCUT2D eigenvalue weighted by atomic mass is 16.2. The Morgan fingerprint density at radius 1 is 1.27 bits per heavy atom. The Hall–Kier alpha value is -2.96. The van der Waals surface area contributed by atoms with Crippen molar-refractivity contribution in [1.29, 1.82) is 0 Å². The minimum atomic E-state index is -0.170. The Labute approximate surface area is 152 Å². The van der Waals surface area contributed by atoms with Gasteiger partial charge < -0.3 is 4.90 Å². The third kappa shape index (κ3) is 3.66. The Morgan fingerprint density at radius 2 is 2.04 bits per heavy atom. The van der Waals surface area contributed by atoms with Crippen LogP contribution in [0.5, 0.6) is 0 Å². The standard InChI is InChI=1S/C19H23N5O2/c1-13-5-6-14(2)17(9-13)24-18(25)8-7-16(21-24)19(26)22(3)11-15-10-20-23(4)12-15/h5-6,9-10,12H,7-8,11H2,1-4H3. The lowest BCUT2D eigenvalue weighted by Crippen LogP contribution is -2.40. The van der Waals surface area contributed by atoms with E-state index in [1.165, 1.54) is 5.01 Å². The number of carbonyl (C=O) groups is 2. The first-order valence-corrected chi connectivity index (χ1v) is 8.56. The molecule has 0 unspecified atom stereocenters. The maximum absolute atomic E-state index is 12.8. The molecule has 2 heterocycles. The summed E-state index contributed by atoms with van der Waals surface area (Å²) < 4.78 is 1.70. The fraction of sp³-hybridized carbons (Fsp3) is 0.368. The van der Waals surface area contributed by atoms with Crippen LogP contribution in [0.2, 0.25) is 0 Å². The van der Waals surface area contributed by atoms with Gasteiger partial charge in [0.05, 0.1) is 11.9 Å². The molecule has 0 spiro atoms. The highest BCUT2D eigenvalue weighted by molar-refractivity contribution is 6.40. The van der Waals surface area contributed by atoms with E-state index < -0.39 is 0 Å². The number of hydrogen-bond acceptors (Lipinski definition) is 4. The zero-order chi connectivity index (χ0) is 18.8. The van der Waals surface area contributed by atoms with Crippen LogP contribution in [0.4, 0.5) is 5.69 Å². The number of aryl methyl sites for hydroxylation is 3. The fourth-order valence-corrected chi connectivity index (χ4v) is 2.96. The van der Waals surface area contributed by atoms with E-state index in [4.69, 9.17) is 0 Å². The number of aromatic nitrogens is 2. The minimum Gasteiger partial charge on any atom is -0.336 e. The lowest BCUT2D eigenvalue weighted by molar-refractivity contribution is -0.123. The average molecular weight is 353 g/mol. The van der Waals surface area contributed by atoms with Crippen molar-refractivity contribution in [1.82, 2.24) is 14.7 Å². The highest BCUT2D eigenvalue weighted by Gasteiger charge is 2.28. The number of anilines is 1. The summed E-state index contributed by atoms with van der Waals surface area (Å²) in [5.41, 5.74) is 4.07. The van der Waals surface area contributed by atoms with Crippen molar-refractivity contribution in [2.75, 3.05) is 12.1 Å². The van der Waals surface area contributed by atoms with Gasteiger partial charge in [0, 0.05) is 45.2 Å². The quantitative estimate of drug-likeness (QED) is 0.846. The van der Waals surface area contributed by atoms with Crippen LogP contribution in [-0.2, 0) is 23.2 Å². The number of benzene rings is 1. The zero-order valence-corrected chi connectivity index (χ0v) is 15.6. The molecule has 2 aromatic rings. The molecule has 0 saturated carbocycles. The summed E-state index contributed by atoms with van der Waals surface area (Å²) in [4.78, 5) is 26.8. The van der Waals surface area contributed by atoms with Gasteiger partial charge in [-0.3, -0.25) is 14.3 Å². The van der Waals surface area contributed by atoms with E-state index in [-0.39, 0.29) is 18.2 Å². The maximum atomic E-state index is 12.8. The number of rotatable bonds is 4. The van der Waals surface area contributed by atoms with Crippen LogP contribution < -0.4 is 5.01 Å². The third-order valence-electron chi connectivity index (χ3n) is 4.40. The Kier molecular flexibility index (Phi) is 4.88. The van der Waals surface area contributed by atoms with Gasteiger partial charge in [0.25, 0.3) is 5.91 Å². The molecular formula is C19H23N5O2. The average Bonchev–Trinajstić information content (AvgIpc) is 3.02. The molecule has 7 heteroatoms. The summed E-state index contributed by atoms with van der Waals surface area (Å²) in [6.45, 7) is 4.35. The van der Waals surface area contributed by atoms with Gasteiger partial charge in [-0.2, -0.15) is 10.2 Å². The first-order valence-electron chi connectivity index (χ1n) is 8.56. The summed E-state index contributed by atoms with van der Waals surface area (Å²) in [6.07, 6.45) is 4.24. The second-order valence-corrected chi connectivity index (χ2v) is 6.73. The van der Waals surface area contributed by atoms with Crippen molar-refractivity contribution in [2.45, 2.75) is 33.2 Å². The van der Waals surface area contributed by atoms with E-state index in [2.05, 4.69) is 10.2 Å². The van der Waals surface area contributed by atoms with E-state index in [1.807, 2.05) is 45.3 Å². The summed E-state index contributed by atoms with van der Waals surface area (Å²) >= 11 is 0. The molecule has 26 heavy (non-hydrogen) atoms. The van der Waals surface area contributed by atoms with Crippen LogP contribution in [0.1, 0.15) is 29.5 Å². The van der Waals surface area contributed by atoms with E-state index in [0.29, 0.717) is 18.7 Å². The van der Waals surface area contributed by atoms with Crippen LogP contribution in [0.3, 0.4) is 0 Å². The molecule has 0 atom stereocenters. The molecule has 1 aromatic heterocycles. The summed E-state index contributed by atoms with van der Waals surface area (Å²) in [5.74, 6) is -0.262. The molecular weight excluding hydrogens is 330 g/mol. The molecule has 1 aromatic carbocycles. The second kappa shape index (κ2) is 7.11. The van der Waals surface area contributed by atoms with E-state index >= 15 is 0 Å². The fourth-order valence-electron chi connectivity index (χ4n) is 2.96. The van der Waals surface area contributed by atoms with Crippen molar-refractivity contribution >= 4 is 23.2 Å². The topological polar surface area (TPSA) is 70.8 Å². The summed E-state index contributed by atoms with van der Waals surface area (Å²) in [5, 5.41) is 9.88. The molecule has 2 amide bonds. The van der Waals surface area contributed by atoms with Crippen LogP contribution in [0.15, 0.2) is 35.7 Å². The van der Waals surface area contributed by atoms with Crippen LogP contribution >= 0.6 is 0 Å². The predicted molar refractivity (Wildman–Crippen MR) is 99.8 cm³/mol. The number of hydrogen-bond donors (Lipinski definition) is 0. The van der Waals surface area contributed by atoms with Gasteiger partial charge in [-0.1, -0.05) is 12.1 Å². The van der Waals surface area contributed by atoms with Crippen molar-refractivity contribution in [3.63, 3.8) is 0 Å². The SMILES string of the molecule is Cc1ccc(C)c(N2N=C(C(=O)N(C)Cc3cnn(C)c3)CCC2=O)c1. The van der Waals surface area contributed by atoms with Gasteiger partial charge in [-0.25, -0.2) is 5.01 Å². The van der Waals surface area contributed by atoms with Crippen molar-refractivity contribution in [3.8, 4) is 0 Å². The first-order chi connectivity index (χ1) is 12.3. The lowest BCUT2D eigenvalue weighted by Gasteiger charge is -2.26. The normalized spacial score (nSPS) is 14.4. The van der Waals surface area contributed by atoms with Crippen molar-refractivity contribution in [2.24, 2.45) is 12.1 Å². The van der Waals surface area contributed by atoms with Crippen LogP contribution in [0.25, 0.3) is 0 Å². The Balaban J connectivity index is 1.83. The van der Waals surface area contributed by atoms with Crippen molar-refractivity contribution < 1.29 is 9.59 Å². The maximum Gasteiger partial charge on any atom is 0.270 e. The molecule has 0 radical (unpaired) electrons. The van der Waals surface area contributed by atoms with Gasteiger partial charge in [0.1, 0.15) is 5.71 Å². The molecule has 136 valence electrons. The molecule has 0 aliphatic carbocycles. The molecule has 3 rings (SSSR count). The van der Waals surface area contributed by atoms with Gasteiger partial charge in [-0.15, -0.1) is 0 Å². The first kappa shape index (κ1) is 17.8. The van der Waals surface area contributed by atoms with Crippen molar-refractivity contribution in [3.05, 3.63) is 47.3 Å². The zero-order valence-electron chi connectivity index (χ0n) is 15.6. The molecule has 0 N–H and O–H groups in total. The molecule has 0 fully saturated rings. The van der Waals surface area contributed by atoms with Gasteiger partial charge in [-0.05, 0) is 31.0 Å². The summed E-state index contributed by atoms with van der Waals surface area (Å²) in [6, 6.07) is 5.87. The van der Waals surface area contributed by atoms with E-state index in [0.717, 1.165) is 22.4 Å². The number of hydrazone groups is 1. The molecule has 0 bridgehead atoms. The largest absolute Gasteiger partial charge is 0.336 e. The van der Waals surface area contributed by atoms with Crippen LogP contribution in [0, 0.1) is 13.8 Å². The lowest BCUT2D eigenvalue weighted by atomic mass is 10.1. The predicted octanol–water partition coefficient (Wildman–Crippen LogP) is 2.18. The minimum absolute atomic E-state index is 0.0924.